The molecule has 0 saturated heterocycles. The van der Waals surface area contributed by atoms with Crippen molar-refractivity contribution in [2.75, 3.05) is 19.3 Å². The second kappa shape index (κ2) is 5.61. The third-order valence-corrected chi connectivity index (χ3v) is 2.94. The van der Waals surface area contributed by atoms with Crippen LogP contribution in [0.3, 0.4) is 0 Å². The van der Waals surface area contributed by atoms with Crippen molar-refractivity contribution in [3.05, 3.63) is 27.7 Å². The lowest BCUT2D eigenvalue weighted by atomic mass is 10.1. The van der Waals surface area contributed by atoms with Crippen molar-refractivity contribution in [2.45, 2.75) is 13.8 Å². The third-order valence-electron chi connectivity index (χ3n) is 2.31. The van der Waals surface area contributed by atoms with Gasteiger partial charge in [0.1, 0.15) is 0 Å². The molecule has 1 aromatic rings. The summed E-state index contributed by atoms with van der Waals surface area (Å²) in [5.74, 6) is 0.297. The Kier molecular flexibility index (Phi) is 4.66. The third kappa shape index (κ3) is 3.51. The maximum absolute atomic E-state index is 12.1. The molecule has 0 bridgehead atoms. The molecule has 0 unspecified atom stereocenters. The Morgan fingerprint density at radius 2 is 1.82 bits per heavy atom. The van der Waals surface area contributed by atoms with Gasteiger partial charge in [0, 0.05) is 19.2 Å². The molecule has 17 heavy (non-hydrogen) atoms. The first kappa shape index (κ1) is 14.1. The summed E-state index contributed by atoms with van der Waals surface area (Å²) in [4.78, 5) is 13.7. The van der Waals surface area contributed by atoms with Crippen LogP contribution >= 0.6 is 23.2 Å². The van der Waals surface area contributed by atoms with Crippen LogP contribution in [0.15, 0.2) is 12.1 Å². The van der Waals surface area contributed by atoms with Crippen LogP contribution in [0, 0.1) is 5.92 Å². The van der Waals surface area contributed by atoms with E-state index in [0.29, 0.717) is 33.8 Å². The van der Waals surface area contributed by atoms with Crippen LogP contribution in [0.2, 0.25) is 10.0 Å². The lowest BCUT2D eigenvalue weighted by Gasteiger charge is -2.19. The molecule has 0 aliphatic rings. The molecule has 1 aromatic carbocycles. The Labute approximate surface area is 111 Å². The lowest BCUT2D eigenvalue weighted by molar-refractivity contribution is 0.0779. The van der Waals surface area contributed by atoms with E-state index in [1.165, 1.54) is 0 Å². The average Bonchev–Trinajstić information content (AvgIpc) is 2.23. The number of halogens is 2. The monoisotopic (exact) mass is 274 g/mol. The Morgan fingerprint density at radius 1 is 1.35 bits per heavy atom. The second-order valence-electron chi connectivity index (χ2n) is 4.43. The molecule has 3 nitrogen and oxygen atoms in total. The zero-order chi connectivity index (χ0) is 13.2. The minimum Gasteiger partial charge on any atom is -0.396 e. The van der Waals surface area contributed by atoms with E-state index in [0.717, 1.165) is 0 Å². The standard InChI is InChI=1S/C12H16Cl2N2O/c1-7(2)6-16(3)12(17)8-4-9(13)11(15)10(14)5-8/h4-5,7H,6,15H2,1-3H3. The average molecular weight is 275 g/mol. The highest BCUT2D eigenvalue weighted by atomic mass is 35.5. The first-order valence-electron chi connectivity index (χ1n) is 5.33. The molecular weight excluding hydrogens is 259 g/mol. The van der Waals surface area contributed by atoms with Gasteiger partial charge in [0.25, 0.3) is 5.91 Å². The molecule has 0 saturated carbocycles. The lowest BCUT2D eigenvalue weighted by Crippen LogP contribution is -2.30. The fraction of sp³-hybridized carbons (Fsp3) is 0.417. The quantitative estimate of drug-likeness (QED) is 0.860. The molecule has 0 heterocycles. The number of nitrogens with two attached hydrogens (primary N) is 1. The van der Waals surface area contributed by atoms with Crippen molar-refractivity contribution in [1.82, 2.24) is 4.90 Å². The summed E-state index contributed by atoms with van der Waals surface area (Å²) >= 11 is 11.8. The topological polar surface area (TPSA) is 46.3 Å². The summed E-state index contributed by atoms with van der Waals surface area (Å²) in [6.45, 7) is 4.78. The van der Waals surface area contributed by atoms with Crippen LogP contribution < -0.4 is 5.73 Å². The predicted molar refractivity (Wildman–Crippen MR) is 72.7 cm³/mol. The summed E-state index contributed by atoms with van der Waals surface area (Å²) in [5, 5.41) is 0.609. The van der Waals surface area contributed by atoms with E-state index < -0.39 is 0 Å². The number of hydrogen-bond acceptors (Lipinski definition) is 2. The minimum atomic E-state index is -0.109. The summed E-state index contributed by atoms with van der Waals surface area (Å²) in [6.07, 6.45) is 0. The Morgan fingerprint density at radius 3 is 2.24 bits per heavy atom. The Bertz CT molecular complexity index is 410. The summed E-state index contributed by atoms with van der Waals surface area (Å²) in [7, 11) is 1.75. The van der Waals surface area contributed by atoms with E-state index in [1.54, 1.807) is 24.1 Å². The number of hydrogen-bond donors (Lipinski definition) is 1. The van der Waals surface area contributed by atoms with E-state index >= 15 is 0 Å². The van der Waals surface area contributed by atoms with Crippen molar-refractivity contribution < 1.29 is 4.79 Å². The van der Waals surface area contributed by atoms with Gasteiger partial charge in [-0.3, -0.25) is 4.79 Å². The van der Waals surface area contributed by atoms with Gasteiger partial charge in [-0.1, -0.05) is 37.0 Å². The van der Waals surface area contributed by atoms with Gasteiger partial charge >= 0.3 is 0 Å². The van der Waals surface area contributed by atoms with Gasteiger partial charge in [-0.05, 0) is 18.1 Å². The minimum absolute atomic E-state index is 0.109. The van der Waals surface area contributed by atoms with E-state index in [-0.39, 0.29) is 5.91 Å². The molecule has 2 N–H and O–H groups in total. The first-order chi connectivity index (χ1) is 7.82. The molecule has 0 atom stereocenters. The summed E-state index contributed by atoms with van der Waals surface area (Å²) in [5.41, 5.74) is 6.38. The van der Waals surface area contributed by atoms with E-state index in [9.17, 15) is 4.79 Å². The van der Waals surface area contributed by atoms with Gasteiger partial charge in [-0.2, -0.15) is 0 Å². The molecule has 0 radical (unpaired) electrons. The van der Waals surface area contributed by atoms with Gasteiger partial charge in [0.05, 0.1) is 15.7 Å². The van der Waals surface area contributed by atoms with Crippen molar-refractivity contribution in [3.63, 3.8) is 0 Å². The van der Waals surface area contributed by atoms with Crippen molar-refractivity contribution in [2.24, 2.45) is 5.92 Å². The molecule has 0 aliphatic carbocycles. The fourth-order valence-electron chi connectivity index (χ4n) is 1.56. The number of nitrogens with zero attached hydrogens (tertiary/aromatic N) is 1. The van der Waals surface area contributed by atoms with E-state index in [2.05, 4.69) is 0 Å². The molecule has 1 rings (SSSR count). The van der Waals surface area contributed by atoms with Crippen LogP contribution in [-0.4, -0.2) is 24.4 Å². The number of carbonyl (C=O) groups is 1. The van der Waals surface area contributed by atoms with Gasteiger partial charge < -0.3 is 10.6 Å². The van der Waals surface area contributed by atoms with Gasteiger partial charge in [-0.25, -0.2) is 0 Å². The van der Waals surface area contributed by atoms with E-state index in [4.69, 9.17) is 28.9 Å². The molecule has 0 fully saturated rings. The number of amides is 1. The molecule has 94 valence electrons. The van der Waals surface area contributed by atoms with Crippen LogP contribution in [0.5, 0.6) is 0 Å². The maximum atomic E-state index is 12.1. The maximum Gasteiger partial charge on any atom is 0.253 e. The number of carbonyl (C=O) groups excluding carboxylic acids is 1. The largest absolute Gasteiger partial charge is 0.396 e. The highest BCUT2D eigenvalue weighted by molar-refractivity contribution is 6.39. The molecule has 5 heteroatoms. The number of anilines is 1. The Hall–Kier alpha value is -0.930. The number of rotatable bonds is 3. The summed E-state index contributed by atoms with van der Waals surface area (Å²) in [6, 6.07) is 3.09. The molecular formula is C12H16Cl2N2O. The smallest absolute Gasteiger partial charge is 0.253 e. The fourth-order valence-corrected chi connectivity index (χ4v) is 2.05. The summed E-state index contributed by atoms with van der Waals surface area (Å²) < 4.78 is 0. The second-order valence-corrected chi connectivity index (χ2v) is 5.25. The van der Waals surface area contributed by atoms with Crippen LogP contribution in [0.4, 0.5) is 5.69 Å². The molecule has 1 amide bonds. The number of benzene rings is 1. The van der Waals surface area contributed by atoms with Crippen molar-refractivity contribution >= 4 is 34.8 Å². The van der Waals surface area contributed by atoms with Gasteiger partial charge in [-0.15, -0.1) is 0 Å². The normalized spacial score (nSPS) is 10.7. The van der Waals surface area contributed by atoms with Crippen LogP contribution in [0.1, 0.15) is 24.2 Å². The number of nitrogen functional groups attached to an aromatic ring is 1. The predicted octanol–water partition coefficient (Wildman–Crippen LogP) is 3.30. The van der Waals surface area contributed by atoms with Crippen molar-refractivity contribution in [3.8, 4) is 0 Å². The zero-order valence-electron chi connectivity index (χ0n) is 10.1. The van der Waals surface area contributed by atoms with Gasteiger partial charge in [0.2, 0.25) is 0 Å². The van der Waals surface area contributed by atoms with Crippen LogP contribution in [0.25, 0.3) is 0 Å². The SMILES string of the molecule is CC(C)CN(C)C(=O)c1cc(Cl)c(N)c(Cl)c1. The molecule has 0 aromatic heterocycles. The molecule has 0 spiro atoms. The Balaban J connectivity index is 2.97. The first-order valence-corrected chi connectivity index (χ1v) is 6.08. The van der Waals surface area contributed by atoms with Crippen LogP contribution in [-0.2, 0) is 0 Å². The highest BCUT2D eigenvalue weighted by Crippen LogP contribution is 2.29. The van der Waals surface area contributed by atoms with Crippen molar-refractivity contribution in [1.29, 1.82) is 0 Å². The van der Waals surface area contributed by atoms with E-state index in [1.807, 2.05) is 13.8 Å². The van der Waals surface area contributed by atoms with Gasteiger partial charge in [0.15, 0.2) is 0 Å². The highest BCUT2D eigenvalue weighted by Gasteiger charge is 2.15. The zero-order valence-corrected chi connectivity index (χ0v) is 11.6. The molecule has 0 aliphatic heterocycles.